The van der Waals surface area contributed by atoms with E-state index in [1.54, 1.807) is 12.1 Å². The number of phenols is 1. The summed E-state index contributed by atoms with van der Waals surface area (Å²) in [5.74, 6) is 0.231. The van der Waals surface area contributed by atoms with E-state index in [0.29, 0.717) is 6.61 Å². The van der Waals surface area contributed by atoms with E-state index < -0.39 is 8.03 Å². The summed E-state index contributed by atoms with van der Waals surface area (Å²) in [6.45, 7) is 4.43. The van der Waals surface area contributed by atoms with Gasteiger partial charge in [0.1, 0.15) is 5.75 Å². The zero-order chi connectivity index (χ0) is 12.7. The van der Waals surface area contributed by atoms with Gasteiger partial charge in [0.2, 0.25) is 5.66 Å². The lowest BCUT2D eigenvalue weighted by Crippen LogP contribution is -1.96. The predicted octanol–water partition coefficient (Wildman–Crippen LogP) is 4.40. The second-order valence-electron chi connectivity index (χ2n) is 3.95. The summed E-state index contributed by atoms with van der Waals surface area (Å²) < 4.78 is 17.2. The standard InChI is InChI=1S/C13H19O3P/c1-3-5-6-13(17(15)16-4-2)11-7-9-12(14)10-8-11/h7-10,13H,3-6H2,1-2H3/p+1. The first-order valence-corrected chi connectivity index (χ1v) is 7.31. The largest absolute Gasteiger partial charge is 0.516 e. The highest BCUT2D eigenvalue weighted by Crippen LogP contribution is 2.45. The van der Waals surface area contributed by atoms with Crippen molar-refractivity contribution in [3.8, 4) is 5.75 Å². The summed E-state index contributed by atoms with van der Waals surface area (Å²) in [7, 11) is -1.67. The van der Waals surface area contributed by atoms with E-state index in [4.69, 9.17) is 4.52 Å². The predicted molar refractivity (Wildman–Crippen MR) is 69.6 cm³/mol. The van der Waals surface area contributed by atoms with Gasteiger partial charge in [0.25, 0.3) is 0 Å². The van der Waals surface area contributed by atoms with E-state index in [1.807, 2.05) is 19.1 Å². The summed E-state index contributed by atoms with van der Waals surface area (Å²) in [5.41, 5.74) is 0.913. The Morgan fingerprint density at radius 3 is 2.47 bits per heavy atom. The molecule has 3 nitrogen and oxygen atoms in total. The number of benzene rings is 1. The van der Waals surface area contributed by atoms with Crippen molar-refractivity contribution in [2.24, 2.45) is 0 Å². The summed E-state index contributed by atoms with van der Waals surface area (Å²) in [4.78, 5) is 0. The van der Waals surface area contributed by atoms with E-state index in [-0.39, 0.29) is 11.4 Å². The average molecular weight is 255 g/mol. The van der Waals surface area contributed by atoms with Gasteiger partial charge in [-0.1, -0.05) is 25.5 Å². The molecule has 0 amide bonds. The highest BCUT2D eigenvalue weighted by atomic mass is 31.1. The molecule has 1 N–H and O–H groups in total. The van der Waals surface area contributed by atoms with Crippen molar-refractivity contribution in [1.82, 2.24) is 0 Å². The minimum absolute atomic E-state index is 0.0644. The van der Waals surface area contributed by atoms with Crippen LogP contribution in [0.15, 0.2) is 24.3 Å². The molecule has 0 saturated heterocycles. The number of phenolic OH excluding ortho intramolecular Hbond substituents is 1. The molecule has 0 saturated carbocycles. The molecule has 0 aromatic heterocycles. The molecular formula is C13H20O3P+. The van der Waals surface area contributed by atoms with E-state index in [2.05, 4.69) is 6.92 Å². The SMILES string of the molecule is CCCCC(c1ccc(O)cc1)[P+](=O)OCC. The summed E-state index contributed by atoms with van der Waals surface area (Å²) in [5, 5.41) is 9.25. The maximum atomic E-state index is 12.0. The molecule has 0 heterocycles. The van der Waals surface area contributed by atoms with Crippen LogP contribution in [0.1, 0.15) is 44.3 Å². The molecular weight excluding hydrogens is 235 g/mol. The van der Waals surface area contributed by atoms with Gasteiger partial charge in [-0.2, -0.15) is 0 Å². The lowest BCUT2D eigenvalue weighted by molar-refractivity contribution is 0.341. The summed E-state index contributed by atoms with van der Waals surface area (Å²) in [6.07, 6.45) is 2.96. The van der Waals surface area contributed by atoms with E-state index in [1.165, 1.54) is 0 Å². The number of unbranched alkanes of at least 4 members (excludes halogenated alkanes) is 1. The van der Waals surface area contributed by atoms with Crippen molar-refractivity contribution >= 4 is 8.03 Å². The lowest BCUT2D eigenvalue weighted by atomic mass is 10.1. The van der Waals surface area contributed by atoms with Gasteiger partial charge in [0.05, 0.1) is 6.61 Å². The molecule has 0 bridgehead atoms. The molecule has 4 heteroatoms. The van der Waals surface area contributed by atoms with Crippen molar-refractivity contribution in [2.45, 2.75) is 38.8 Å². The highest BCUT2D eigenvalue weighted by molar-refractivity contribution is 7.39. The first-order valence-electron chi connectivity index (χ1n) is 6.07. The Kier molecular flexibility index (Phi) is 6.17. The minimum Gasteiger partial charge on any atom is -0.508 e. The normalized spacial score (nSPS) is 13.4. The Balaban J connectivity index is 2.81. The maximum absolute atomic E-state index is 12.0. The third-order valence-electron chi connectivity index (χ3n) is 2.62. The van der Waals surface area contributed by atoms with Crippen LogP contribution in [0.25, 0.3) is 0 Å². The Bertz CT molecular complexity index is 348. The Labute approximate surface area is 104 Å². The summed E-state index contributed by atoms with van der Waals surface area (Å²) in [6, 6.07) is 6.90. The summed E-state index contributed by atoms with van der Waals surface area (Å²) >= 11 is 0. The number of aromatic hydroxyl groups is 1. The van der Waals surface area contributed by atoms with Gasteiger partial charge in [-0.15, -0.1) is 4.52 Å². The molecule has 0 spiro atoms. The third-order valence-corrected chi connectivity index (χ3v) is 4.20. The maximum Gasteiger partial charge on any atom is 0.516 e. The fourth-order valence-corrected chi connectivity index (χ4v) is 2.95. The topological polar surface area (TPSA) is 46.5 Å². The Hall–Kier alpha value is -0.920. The minimum atomic E-state index is -1.67. The van der Waals surface area contributed by atoms with E-state index in [9.17, 15) is 9.67 Å². The van der Waals surface area contributed by atoms with Crippen LogP contribution >= 0.6 is 8.03 Å². The van der Waals surface area contributed by atoms with Crippen LogP contribution in [0.5, 0.6) is 5.75 Å². The van der Waals surface area contributed by atoms with Crippen molar-refractivity contribution in [3.05, 3.63) is 29.8 Å². The second kappa shape index (κ2) is 7.41. The lowest BCUT2D eigenvalue weighted by Gasteiger charge is -2.06. The van der Waals surface area contributed by atoms with Crippen LogP contribution in [-0.2, 0) is 9.09 Å². The molecule has 0 aliphatic rings. The van der Waals surface area contributed by atoms with Crippen molar-refractivity contribution < 1.29 is 14.2 Å². The zero-order valence-electron chi connectivity index (χ0n) is 10.4. The molecule has 2 atom stereocenters. The van der Waals surface area contributed by atoms with E-state index >= 15 is 0 Å². The molecule has 0 aliphatic carbocycles. The highest BCUT2D eigenvalue weighted by Gasteiger charge is 2.33. The number of hydrogen-bond donors (Lipinski definition) is 1. The smallest absolute Gasteiger partial charge is 0.508 e. The molecule has 0 aliphatic heterocycles. The Morgan fingerprint density at radius 2 is 1.94 bits per heavy atom. The fraction of sp³-hybridized carbons (Fsp3) is 0.538. The van der Waals surface area contributed by atoms with Crippen LogP contribution in [0.4, 0.5) is 0 Å². The molecule has 0 radical (unpaired) electrons. The van der Waals surface area contributed by atoms with Gasteiger partial charge < -0.3 is 5.11 Å². The van der Waals surface area contributed by atoms with E-state index in [0.717, 1.165) is 24.8 Å². The number of rotatable bonds is 7. The first kappa shape index (κ1) is 14.1. The van der Waals surface area contributed by atoms with Crippen molar-refractivity contribution in [2.75, 3.05) is 6.61 Å². The van der Waals surface area contributed by atoms with Gasteiger partial charge in [0.15, 0.2) is 0 Å². The molecule has 0 fully saturated rings. The van der Waals surface area contributed by atoms with Crippen LogP contribution in [-0.4, -0.2) is 11.7 Å². The fourth-order valence-electron chi connectivity index (χ4n) is 1.70. The van der Waals surface area contributed by atoms with Crippen LogP contribution in [0.2, 0.25) is 0 Å². The van der Waals surface area contributed by atoms with Gasteiger partial charge >= 0.3 is 8.03 Å². The number of hydrogen-bond acceptors (Lipinski definition) is 3. The van der Waals surface area contributed by atoms with Gasteiger partial charge in [0, 0.05) is 12.0 Å². The van der Waals surface area contributed by atoms with Crippen molar-refractivity contribution in [3.63, 3.8) is 0 Å². The molecule has 1 aromatic carbocycles. The molecule has 17 heavy (non-hydrogen) atoms. The average Bonchev–Trinajstić information content (AvgIpc) is 2.32. The second-order valence-corrected chi connectivity index (χ2v) is 5.40. The van der Waals surface area contributed by atoms with Gasteiger partial charge in [-0.3, -0.25) is 0 Å². The van der Waals surface area contributed by atoms with Gasteiger partial charge in [-0.05, 0) is 30.0 Å². The molecule has 94 valence electrons. The van der Waals surface area contributed by atoms with Gasteiger partial charge in [-0.25, -0.2) is 0 Å². The molecule has 1 rings (SSSR count). The Morgan fingerprint density at radius 1 is 1.29 bits per heavy atom. The quantitative estimate of drug-likeness (QED) is 0.734. The third kappa shape index (κ3) is 4.45. The molecule has 2 unspecified atom stereocenters. The van der Waals surface area contributed by atoms with Crippen LogP contribution < -0.4 is 0 Å². The first-order chi connectivity index (χ1) is 8.19. The van der Waals surface area contributed by atoms with Crippen LogP contribution in [0.3, 0.4) is 0 Å². The van der Waals surface area contributed by atoms with Crippen LogP contribution in [0, 0.1) is 0 Å². The van der Waals surface area contributed by atoms with Crippen molar-refractivity contribution in [1.29, 1.82) is 0 Å². The zero-order valence-corrected chi connectivity index (χ0v) is 11.3. The molecule has 1 aromatic rings. The monoisotopic (exact) mass is 255 g/mol.